The Kier molecular flexibility index (Phi) is 4.54. The van der Waals surface area contributed by atoms with Crippen LogP contribution in [-0.2, 0) is 0 Å². The van der Waals surface area contributed by atoms with E-state index in [4.69, 9.17) is 4.74 Å². The van der Waals surface area contributed by atoms with E-state index in [0.717, 1.165) is 27.1 Å². The van der Waals surface area contributed by atoms with Crippen molar-refractivity contribution in [1.82, 2.24) is 5.43 Å². The largest absolute Gasteiger partial charge is 0.496 e. The fourth-order valence-electron chi connectivity index (χ4n) is 3.24. The fraction of sp³-hybridized carbons (Fsp3) is 0.0435. The number of benzene rings is 4. The van der Waals surface area contributed by atoms with Crippen molar-refractivity contribution in [2.75, 3.05) is 7.11 Å². The van der Waals surface area contributed by atoms with Crippen LogP contribution in [0.25, 0.3) is 21.5 Å². The summed E-state index contributed by atoms with van der Waals surface area (Å²) in [6.45, 7) is 0. The number of para-hydroxylation sites is 1. The highest BCUT2D eigenvalue weighted by atomic mass is 16.5. The van der Waals surface area contributed by atoms with Crippen LogP contribution >= 0.6 is 0 Å². The van der Waals surface area contributed by atoms with E-state index in [1.165, 1.54) is 7.11 Å². The molecule has 0 spiro atoms. The van der Waals surface area contributed by atoms with Crippen molar-refractivity contribution in [3.8, 4) is 5.75 Å². The first-order valence-electron chi connectivity index (χ1n) is 8.65. The normalized spacial score (nSPS) is 11.1. The summed E-state index contributed by atoms with van der Waals surface area (Å²) in [4.78, 5) is 12.4. The smallest absolute Gasteiger partial charge is 0.275 e. The molecule has 4 aromatic rings. The average Bonchev–Trinajstić information content (AvgIpc) is 2.73. The number of methoxy groups -OCH3 is 1. The van der Waals surface area contributed by atoms with Gasteiger partial charge in [-0.15, -0.1) is 0 Å². The monoisotopic (exact) mass is 354 g/mol. The molecule has 132 valence electrons. The van der Waals surface area contributed by atoms with Crippen molar-refractivity contribution in [3.63, 3.8) is 0 Å². The van der Waals surface area contributed by atoms with Crippen molar-refractivity contribution >= 4 is 33.7 Å². The van der Waals surface area contributed by atoms with E-state index in [9.17, 15) is 4.79 Å². The second kappa shape index (κ2) is 7.30. The number of nitrogens with zero attached hydrogens (tertiary/aromatic N) is 1. The quantitative estimate of drug-likeness (QED) is 0.326. The molecular formula is C23H18N2O2. The predicted octanol–water partition coefficient (Wildman–Crippen LogP) is 4.77. The zero-order valence-corrected chi connectivity index (χ0v) is 14.8. The molecule has 0 aromatic heterocycles. The summed E-state index contributed by atoms with van der Waals surface area (Å²) in [6, 6.07) is 25.5. The second-order valence-corrected chi connectivity index (χ2v) is 6.13. The number of amides is 1. The Morgan fingerprint density at radius 2 is 1.48 bits per heavy atom. The molecular weight excluding hydrogens is 336 g/mol. The van der Waals surface area contributed by atoms with Gasteiger partial charge in [0.15, 0.2) is 0 Å². The lowest BCUT2D eigenvalue weighted by Crippen LogP contribution is -2.18. The predicted molar refractivity (Wildman–Crippen MR) is 110 cm³/mol. The van der Waals surface area contributed by atoms with Crippen LogP contribution in [0, 0.1) is 0 Å². The number of carbonyl (C=O) groups excluding carboxylic acids is 1. The Hall–Kier alpha value is -3.66. The highest BCUT2D eigenvalue weighted by Crippen LogP contribution is 2.27. The van der Waals surface area contributed by atoms with E-state index in [1.807, 2.05) is 30.3 Å². The van der Waals surface area contributed by atoms with Crippen LogP contribution in [0.4, 0.5) is 0 Å². The third-order valence-corrected chi connectivity index (χ3v) is 4.52. The summed E-state index contributed by atoms with van der Waals surface area (Å²) in [5, 5.41) is 8.66. The molecule has 0 aliphatic carbocycles. The molecule has 0 atom stereocenters. The van der Waals surface area contributed by atoms with Crippen LogP contribution in [0.15, 0.2) is 84.0 Å². The maximum absolute atomic E-state index is 12.4. The highest BCUT2D eigenvalue weighted by Gasteiger charge is 2.10. The summed E-state index contributed by atoms with van der Waals surface area (Å²) in [6.07, 6.45) is 1.71. The molecule has 4 rings (SSSR count). The van der Waals surface area contributed by atoms with Gasteiger partial charge in [0.05, 0.1) is 18.9 Å². The van der Waals surface area contributed by atoms with E-state index < -0.39 is 0 Å². The van der Waals surface area contributed by atoms with Gasteiger partial charge in [0.1, 0.15) is 5.75 Å². The summed E-state index contributed by atoms with van der Waals surface area (Å²) < 4.78 is 5.23. The fourth-order valence-corrected chi connectivity index (χ4v) is 3.24. The number of carbonyl (C=O) groups is 1. The molecule has 0 heterocycles. The Balaban J connectivity index is 1.71. The first-order chi connectivity index (χ1) is 13.3. The van der Waals surface area contributed by atoms with Crippen LogP contribution < -0.4 is 10.2 Å². The lowest BCUT2D eigenvalue weighted by Gasteiger charge is -2.08. The molecule has 4 nitrogen and oxygen atoms in total. The van der Waals surface area contributed by atoms with Crippen molar-refractivity contribution in [1.29, 1.82) is 0 Å². The lowest BCUT2D eigenvalue weighted by atomic mass is 9.97. The summed E-state index contributed by atoms with van der Waals surface area (Å²) in [5.41, 5.74) is 4.02. The summed E-state index contributed by atoms with van der Waals surface area (Å²) >= 11 is 0. The van der Waals surface area contributed by atoms with Gasteiger partial charge in [-0.25, -0.2) is 5.43 Å². The zero-order valence-electron chi connectivity index (χ0n) is 14.8. The van der Waals surface area contributed by atoms with Crippen molar-refractivity contribution < 1.29 is 9.53 Å². The molecule has 4 heteroatoms. The van der Waals surface area contributed by atoms with Crippen molar-refractivity contribution in [2.24, 2.45) is 5.10 Å². The van der Waals surface area contributed by atoms with Crippen molar-refractivity contribution in [2.45, 2.75) is 0 Å². The van der Waals surface area contributed by atoms with E-state index in [0.29, 0.717) is 11.3 Å². The molecule has 1 N–H and O–H groups in total. The van der Waals surface area contributed by atoms with Gasteiger partial charge in [-0.05, 0) is 39.7 Å². The third kappa shape index (κ3) is 3.25. The Morgan fingerprint density at radius 1 is 0.889 bits per heavy atom. The molecule has 0 bridgehead atoms. The SMILES string of the molecule is COc1ccccc1C(=O)NN=Cc1c2ccccc2cc2ccccc12. The Morgan fingerprint density at radius 3 is 2.15 bits per heavy atom. The average molecular weight is 354 g/mol. The molecule has 0 aliphatic rings. The van der Waals surface area contributed by atoms with Gasteiger partial charge in [-0.1, -0.05) is 60.7 Å². The number of ether oxygens (including phenoxy) is 1. The van der Waals surface area contributed by atoms with Gasteiger partial charge in [0.25, 0.3) is 5.91 Å². The van der Waals surface area contributed by atoms with Gasteiger partial charge < -0.3 is 4.74 Å². The number of rotatable bonds is 4. The number of fused-ring (bicyclic) bond motifs is 2. The van der Waals surface area contributed by atoms with Gasteiger partial charge >= 0.3 is 0 Å². The Bertz CT molecular complexity index is 1110. The topological polar surface area (TPSA) is 50.7 Å². The molecule has 0 unspecified atom stereocenters. The van der Waals surface area contributed by atoms with E-state index >= 15 is 0 Å². The molecule has 27 heavy (non-hydrogen) atoms. The minimum atomic E-state index is -0.312. The zero-order chi connectivity index (χ0) is 18.6. The summed E-state index contributed by atoms with van der Waals surface area (Å²) in [5.74, 6) is 0.203. The molecule has 4 aromatic carbocycles. The maximum atomic E-state index is 12.4. The lowest BCUT2D eigenvalue weighted by molar-refractivity contribution is 0.0952. The molecule has 0 fully saturated rings. The molecule has 0 aliphatic heterocycles. The highest BCUT2D eigenvalue weighted by molar-refractivity contribution is 6.13. The molecule has 0 saturated heterocycles. The van der Waals surface area contributed by atoms with Crippen LogP contribution in [-0.4, -0.2) is 19.2 Å². The molecule has 0 radical (unpaired) electrons. The van der Waals surface area contributed by atoms with E-state index in [-0.39, 0.29) is 5.91 Å². The number of hydrogen-bond donors (Lipinski definition) is 1. The van der Waals surface area contributed by atoms with Gasteiger partial charge in [0, 0.05) is 5.56 Å². The number of hydrazone groups is 1. The molecule has 0 saturated carbocycles. The van der Waals surface area contributed by atoms with Crippen LogP contribution in [0.2, 0.25) is 0 Å². The van der Waals surface area contributed by atoms with Crippen molar-refractivity contribution in [3.05, 3.63) is 90.0 Å². The Labute approximate surface area is 157 Å². The summed E-state index contributed by atoms with van der Waals surface area (Å²) in [7, 11) is 1.54. The van der Waals surface area contributed by atoms with Gasteiger partial charge in [-0.2, -0.15) is 5.10 Å². The van der Waals surface area contributed by atoms with Crippen LogP contribution in [0.5, 0.6) is 5.75 Å². The number of hydrogen-bond acceptors (Lipinski definition) is 3. The number of nitrogens with one attached hydrogen (secondary N) is 1. The van der Waals surface area contributed by atoms with Gasteiger partial charge in [0.2, 0.25) is 0 Å². The second-order valence-electron chi connectivity index (χ2n) is 6.13. The standard InChI is InChI=1S/C23H18N2O2/c1-27-22-13-7-6-12-20(22)23(26)25-24-15-21-18-10-4-2-8-16(18)14-17-9-3-5-11-19(17)21/h2-15H,1H3,(H,25,26). The third-order valence-electron chi connectivity index (χ3n) is 4.52. The minimum absolute atomic E-state index is 0.312. The first kappa shape index (κ1) is 16.8. The van der Waals surface area contributed by atoms with E-state index in [2.05, 4.69) is 40.9 Å². The first-order valence-corrected chi connectivity index (χ1v) is 8.65. The minimum Gasteiger partial charge on any atom is -0.496 e. The van der Waals surface area contributed by atoms with Gasteiger partial charge in [-0.3, -0.25) is 4.79 Å². The van der Waals surface area contributed by atoms with Crippen LogP contribution in [0.1, 0.15) is 15.9 Å². The molecule has 1 amide bonds. The maximum Gasteiger partial charge on any atom is 0.275 e. The van der Waals surface area contributed by atoms with Crippen LogP contribution in [0.3, 0.4) is 0 Å². The van der Waals surface area contributed by atoms with E-state index in [1.54, 1.807) is 24.4 Å².